The fourth-order valence-corrected chi connectivity index (χ4v) is 2.04. The summed E-state index contributed by atoms with van der Waals surface area (Å²) in [6.07, 6.45) is 3.63. The van der Waals surface area contributed by atoms with E-state index in [0.29, 0.717) is 17.5 Å². The molecule has 0 heterocycles. The third kappa shape index (κ3) is 2.86. The van der Waals surface area contributed by atoms with E-state index in [1.54, 1.807) is 0 Å². The van der Waals surface area contributed by atoms with Crippen molar-refractivity contribution in [3.63, 3.8) is 0 Å². The highest BCUT2D eigenvalue weighted by atomic mass is 16.1. The SMILES string of the molecule is CCC1(CNC(=O)c2cccc(CN)c2)CC1. The average Bonchev–Trinajstić information content (AvgIpc) is 3.17. The maximum Gasteiger partial charge on any atom is 0.251 e. The van der Waals surface area contributed by atoms with Crippen molar-refractivity contribution in [2.75, 3.05) is 6.54 Å². The van der Waals surface area contributed by atoms with E-state index in [4.69, 9.17) is 5.73 Å². The fourth-order valence-electron chi connectivity index (χ4n) is 2.04. The van der Waals surface area contributed by atoms with Crippen LogP contribution in [0.2, 0.25) is 0 Å². The molecule has 1 amide bonds. The summed E-state index contributed by atoms with van der Waals surface area (Å²) in [5.74, 6) is 0.0139. The number of carbonyl (C=O) groups is 1. The summed E-state index contributed by atoms with van der Waals surface area (Å²) in [5.41, 5.74) is 7.65. The zero-order valence-corrected chi connectivity index (χ0v) is 10.3. The number of carbonyl (C=O) groups excluding carboxylic acids is 1. The Morgan fingerprint density at radius 1 is 1.47 bits per heavy atom. The van der Waals surface area contributed by atoms with Gasteiger partial charge in [-0.15, -0.1) is 0 Å². The summed E-state index contributed by atoms with van der Waals surface area (Å²) in [4.78, 5) is 12.0. The highest BCUT2D eigenvalue weighted by Gasteiger charge is 2.40. The second-order valence-corrected chi connectivity index (χ2v) is 4.94. The maximum absolute atomic E-state index is 12.0. The van der Waals surface area contributed by atoms with Crippen LogP contribution in [-0.2, 0) is 6.54 Å². The van der Waals surface area contributed by atoms with Gasteiger partial charge in [0, 0.05) is 18.7 Å². The summed E-state index contributed by atoms with van der Waals surface area (Å²) in [7, 11) is 0. The Kier molecular flexibility index (Phi) is 3.48. The van der Waals surface area contributed by atoms with Crippen molar-refractivity contribution >= 4 is 5.91 Å². The highest BCUT2D eigenvalue weighted by molar-refractivity contribution is 5.94. The molecule has 3 heteroatoms. The lowest BCUT2D eigenvalue weighted by Crippen LogP contribution is -2.30. The van der Waals surface area contributed by atoms with Crippen LogP contribution >= 0.6 is 0 Å². The second kappa shape index (κ2) is 4.88. The summed E-state index contributed by atoms with van der Waals surface area (Å²) in [6, 6.07) is 7.51. The molecule has 1 aliphatic rings. The Morgan fingerprint density at radius 2 is 2.24 bits per heavy atom. The van der Waals surface area contributed by atoms with E-state index in [0.717, 1.165) is 18.5 Å². The molecule has 17 heavy (non-hydrogen) atoms. The number of hydrogen-bond acceptors (Lipinski definition) is 2. The van der Waals surface area contributed by atoms with Gasteiger partial charge in [-0.1, -0.05) is 19.1 Å². The van der Waals surface area contributed by atoms with E-state index in [2.05, 4.69) is 12.2 Å². The van der Waals surface area contributed by atoms with E-state index in [9.17, 15) is 4.79 Å². The summed E-state index contributed by atoms with van der Waals surface area (Å²) in [5, 5.41) is 3.02. The van der Waals surface area contributed by atoms with Crippen LogP contribution in [0.3, 0.4) is 0 Å². The lowest BCUT2D eigenvalue weighted by Gasteiger charge is -2.13. The smallest absolute Gasteiger partial charge is 0.251 e. The highest BCUT2D eigenvalue weighted by Crippen LogP contribution is 2.47. The predicted molar refractivity (Wildman–Crippen MR) is 68.6 cm³/mol. The van der Waals surface area contributed by atoms with E-state index in [1.165, 1.54) is 12.8 Å². The lowest BCUT2D eigenvalue weighted by molar-refractivity contribution is 0.0944. The van der Waals surface area contributed by atoms with Gasteiger partial charge in [-0.05, 0) is 42.4 Å². The number of nitrogens with one attached hydrogen (secondary N) is 1. The summed E-state index contributed by atoms with van der Waals surface area (Å²) in [6.45, 7) is 3.46. The van der Waals surface area contributed by atoms with Crippen LogP contribution in [0.15, 0.2) is 24.3 Å². The van der Waals surface area contributed by atoms with Crippen LogP contribution in [0, 0.1) is 5.41 Å². The van der Waals surface area contributed by atoms with Crippen LogP contribution in [0.25, 0.3) is 0 Å². The quantitative estimate of drug-likeness (QED) is 0.816. The number of rotatable bonds is 5. The summed E-state index contributed by atoms with van der Waals surface area (Å²) < 4.78 is 0. The molecule has 1 fully saturated rings. The third-order valence-electron chi connectivity index (χ3n) is 3.76. The molecule has 2 rings (SSSR count). The Hall–Kier alpha value is -1.35. The van der Waals surface area contributed by atoms with Crippen LogP contribution < -0.4 is 11.1 Å². The zero-order chi connectivity index (χ0) is 12.3. The molecule has 1 aliphatic carbocycles. The molecule has 3 nitrogen and oxygen atoms in total. The lowest BCUT2D eigenvalue weighted by atomic mass is 10.0. The van der Waals surface area contributed by atoms with E-state index < -0.39 is 0 Å². The zero-order valence-electron chi connectivity index (χ0n) is 10.3. The van der Waals surface area contributed by atoms with Crippen molar-refractivity contribution in [1.82, 2.24) is 5.32 Å². The molecule has 0 atom stereocenters. The topological polar surface area (TPSA) is 55.1 Å². The van der Waals surface area contributed by atoms with Gasteiger partial charge in [-0.3, -0.25) is 4.79 Å². The van der Waals surface area contributed by atoms with Gasteiger partial charge in [0.05, 0.1) is 0 Å². The molecule has 1 aromatic carbocycles. The number of nitrogens with two attached hydrogens (primary N) is 1. The van der Waals surface area contributed by atoms with Gasteiger partial charge in [0.1, 0.15) is 0 Å². The van der Waals surface area contributed by atoms with Crippen LogP contribution in [0.5, 0.6) is 0 Å². The van der Waals surface area contributed by atoms with E-state index in [-0.39, 0.29) is 5.91 Å². The van der Waals surface area contributed by atoms with Crippen LogP contribution in [0.1, 0.15) is 42.1 Å². The largest absolute Gasteiger partial charge is 0.351 e. The average molecular weight is 232 g/mol. The molecule has 0 spiro atoms. The van der Waals surface area contributed by atoms with Crippen molar-refractivity contribution in [2.24, 2.45) is 11.1 Å². The molecule has 0 saturated heterocycles. The predicted octanol–water partition coefficient (Wildman–Crippen LogP) is 2.07. The van der Waals surface area contributed by atoms with Gasteiger partial charge in [0.25, 0.3) is 5.91 Å². The number of benzene rings is 1. The van der Waals surface area contributed by atoms with Gasteiger partial charge in [0.2, 0.25) is 0 Å². The maximum atomic E-state index is 12.0. The van der Waals surface area contributed by atoms with E-state index in [1.807, 2.05) is 24.3 Å². The Morgan fingerprint density at radius 3 is 2.82 bits per heavy atom. The fraction of sp³-hybridized carbons (Fsp3) is 0.500. The molecular weight excluding hydrogens is 212 g/mol. The van der Waals surface area contributed by atoms with Crippen molar-refractivity contribution in [3.05, 3.63) is 35.4 Å². The third-order valence-corrected chi connectivity index (χ3v) is 3.76. The Labute approximate surface area is 102 Å². The van der Waals surface area contributed by atoms with Gasteiger partial charge in [-0.25, -0.2) is 0 Å². The minimum absolute atomic E-state index is 0.0139. The molecule has 92 valence electrons. The van der Waals surface area contributed by atoms with Crippen molar-refractivity contribution in [3.8, 4) is 0 Å². The molecule has 0 bridgehead atoms. The number of amides is 1. The first-order valence-electron chi connectivity index (χ1n) is 6.26. The molecule has 1 aromatic rings. The normalized spacial score (nSPS) is 16.6. The Balaban J connectivity index is 1.95. The molecule has 3 N–H and O–H groups in total. The van der Waals surface area contributed by atoms with E-state index >= 15 is 0 Å². The minimum atomic E-state index is 0.0139. The summed E-state index contributed by atoms with van der Waals surface area (Å²) >= 11 is 0. The monoisotopic (exact) mass is 232 g/mol. The van der Waals surface area contributed by atoms with Crippen LogP contribution in [0.4, 0.5) is 0 Å². The van der Waals surface area contributed by atoms with Crippen molar-refractivity contribution in [2.45, 2.75) is 32.7 Å². The van der Waals surface area contributed by atoms with Gasteiger partial charge < -0.3 is 11.1 Å². The first kappa shape index (κ1) is 12.1. The number of hydrogen-bond donors (Lipinski definition) is 2. The molecule has 0 unspecified atom stereocenters. The molecule has 1 saturated carbocycles. The molecule has 0 aliphatic heterocycles. The minimum Gasteiger partial charge on any atom is -0.351 e. The van der Waals surface area contributed by atoms with Crippen LogP contribution in [-0.4, -0.2) is 12.5 Å². The second-order valence-electron chi connectivity index (χ2n) is 4.94. The van der Waals surface area contributed by atoms with Gasteiger partial charge >= 0.3 is 0 Å². The first-order valence-corrected chi connectivity index (χ1v) is 6.26. The first-order chi connectivity index (χ1) is 8.19. The van der Waals surface area contributed by atoms with Crippen molar-refractivity contribution < 1.29 is 4.79 Å². The van der Waals surface area contributed by atoms with Crippen molar-refractivity contribution in [1.29, 1.82) is 0 Å². The molecule has 0 radical (unpaired) electrons. The van der Waals surface area contributed by atoms with Gasteiger partial charge in [-0.2, -0.15) is 0 Å². The standard InChI is InChI=1S/C14H20N2O/c1-2-14(6-7-14)10-16-13(17)12-5-3-4-11(8-12)9-15/h3-5,8H,2,6-7,9-10,15H2,1H3,(H,16,17). The molecular formula is C14H20N2O. The molecule has 0 aromatic heterocycles. The Bertz CT molecular complexity index is 410. The van der Waals surface area contributed by atoms with Gasteiger partial charge in [0.15, 0.2) is 0 Å².